The van der Waals surface area contributed by atoms with Gasteiger partial charge in [-0.05, 0) is 50.1 Å². The van der Waals surface area contributed by atoms with Gasteiger partial charge in [-0.1, -0.05) is 24.3 Å². The molecule has 0 saturated heterocycles. The van der Waals surface area contributed by atoms with Gasteiger partial charge >= 0.3 is 6.18 Å². The number of carbonyl (C=O) groups is 1. The van der Waals surface area contributed by atoms with Crippen LogP contribution in [0.3, 0.4) is 0 Å². The van der Waals surface area contributed by atoms with Gasteiger partial charge in [0.05, 0.1) is 22.3 Å². The van der Waals surface area contributed by atoms with Crippen molar-refractivity contribution in [1.82, 2.24) is 14.8 Å². The summed E-state index contributed by atoms with van der Waals surface area (Å²) in [6.07, 6.45) is -4.74. The topological polar surface area (TPSA) is 69.0 Å². The maximum Gasteiger partial charge on any atom is 0.417 e. The van der Waals surface area contributed by atoms with Crippen molar-refractivity contribution in [3.05, 3.63) is 76.7 Å². The van der Waals surface area contributed by atoms with Crippen LogP contribution in [0.2, 0.25) is 0 Å². The Bertz CT molecular complexity index is 1380. The zero-order valence-corrected chi connectivity index (χ0v) is 18.5. The number of anilines is 1. The van der Waals surface area contributed by atoms with Crippen molar-refractivity contribution in [2.75, 3.05) is 11.9 Å². The molecular weight excluding hydrogens is 452 g/mol. The lowest BCUT2D eigenvalue weighted by molar-refractivity contribution is -0.136. The van der Waals surface area contributed by atoms with Gasteiger partial charge in [-0.25, -0.2) is 9.07 Å². The molecule has 2 heterocycles. The molecule has 0 unspecified atom stereocenters. The molecule has 0 radical (unpaired) electrons. The molecule has 0 spiro atoms. The van der Waals surface area contributed by atoms with Gasteiger partial charge in [-0.3, -0.25) is 4.79 Å². The standard InChI is InChI=1S/C24H20F4N4O2/c1-13-6-4-7-14(2)22(13)29-19(33)12-34-20-11-18(24(26,27)28)21-15(3)31-32(23(21)30-20)17-9-5-8-16(25)10-17/h4-11H,12H2,1-3H3,(H,29,33). The molecule has 4 rings (SSSR count). The minimum atomic E-state index is -4.74. The highest BCUT2D eigenvalue weighted by atomic mass is 19.4. The van der Waals surface area contributed by atoms with E-state index in [0.29, 0.717) is 5.69 Å². The molecule has 1 amide bonds. The zero-order valence-electron chi connectivity index (χ0n) is 18.5. The van der Waals surface area contributed by atoms with E-state index in [-0.39, 0.29) is 22.4 Å². The van der Waals surface area contributed by atoms with Crippen LogP contribution in [0.25, 0.3) is 16.7 Å². The summed E-state index contributed by atoms with van der Waals surface area (Å²) in [5, 5.41) is 6.61. The van der Waals surface area contributed by atoms with E-state index < -0.39 is 36.0 Å². The minimum Gasteiger partial charge on any atom is -0.467 e. The third-order valence-corrected chi connectivity index (χ3v) is 5.24. The van der Waals surface area contributed by atoms with Crippen molar-refractivity contribution in [1.29, 1.82) is 0 Å². The molecule has 10 heteroatoms. The Kier molecular flexibility index (Phi) is 5.99. The van der Waals surface area contributed by atoms with Crippen LogP contribution in [0.1, 0.15) is 22.4 Å². The molecule has 34 heavy (non-hydrogen) atoms. The highest BCUT2D eigenvalue weighted by Crippen LogP contribution is 2.38. The number of ether oxygens (including phenoxy) is 1. The lowest BCUT2D eigenvalue weighted by atomic mass is 10.1. The van der Waals surface area contributed by atoms with Crippen LogP contribution < -0.4 is 10.1 Å². The van der Waals surface area contributed by atoms with Crippen LogP contribution >= 0.6 is 0 Å². The van der Waals surface area contributed by atoms with Crippen LogP contribution in [-0.2, 0) is 11.0 Å². The number of aromatic nitrogens is 3. The third kappa shape index (κ3) is 4.57. The molecule has 6 nitrogen and oxygen atoms in total. The molecule has 4 aromatic rings. The number of hydrogen-bond acceptors (Lipinski definition) is 4. The predicted octanol–water partition coefficient (Wildman–Crippen LogP) is 5.52. The molecule has 0 fully saturated rings. The summed E-state index contributed by atoms with van der Waals surface area (Å²) in [6, 6.07) is 11.5. The van der Waals surface area contributed by atoms with Crippen molar-refractivity contribution < 1.29 is 27.1 Å². The second-order valence-corrected chi connectivity index (χ2v) is 7.79. The fraction of sp³-hybridized carbons (Fsp3) is 0.208. The molecule has 176 valence electrons. The van der Waals surface area contributed by atoms with E-state index in [9.17, 15) is 22.4 Å². The summed E-state index contributed by atoms with van der Waals surface area (Å²) in [7, 11) is 0. The molecule has 0 saturated carbocycles. The summed E-state index contributed by atoms with van der Waals surface area (Å²) >= 11 is 0. The number of benzene rings is 2. The number of amides is 1. The first kappa shape index (κ1) is 23.2. The van der Waals surface area contributed by atoms with Crippen LogP contribution in [-0.4, -0.2) is 27.3 Å². The lowest BCUT2D eigenvalue weighted by Crippen LogP contribution is -2.22. The van der Waals surface area contributed by atoms with Crippen molar-refractivity contribution in [3.63, 3.8) is 0 Å². The number of rotatable bonds is 5. The number of pyridine rings is 1. The predicted molar refractivity (Wildman–Crippen MR) is 119 cm³/mol. The largest absolute Gasteiger partial charge is 0.467 e. The highest BCUT2D eigenvalue weighted by Gasteiger charge is 2.36. The molecule has 0 bridgehead atoms. The van der Waals surface area contributed by atoms with Gasteiger partial charge in [0, 0.05) is 11.8 Å². The number of halogens is 4. The molecule has 2 aromatic heterocycles. The Labute approximate surface area is 192 Å². The van der Waals surface area contributed by atoms with Gasteiger partial charge in [-0.2, -0.15) is 23.3 Å². The van der Waals surface area contributed by atoms with E-state index in [1.54, 1.807) is 0 Å². The maximum atomic E-state index is 13.9. The van der Waals surface area contributed by atoms with Crippen LogP contribution in [0, 0.1) is 26.6 Å². The first-order valence-corrected chi connectivity index (χ1v) is 10.3. The fourth-order valence-corrected chi connectivity index (χ4v) is 3.68. The van der Waals surface area contributed by atoms with Gasteiger partial charge in [0.1, 0.15) is 5.82 Å². The van der Waals surface area contributed by atoms with E-state index in [1.165, 1.54) is 25.1 Å². The van der Waals surface area contributed by atoms with Gasteiger partial charge in [-0.15, -0.1) is 0 Å². The first-order chi connectivity index (χ1) is 16.0. The molecule has 1 N–H and O–H groups in total. The Hall–Kier alpha value is -3.95. The Morgan fingerprint density at radius 2 is 1.74 bits per heavy atom. The lowest BCUT2D eigenvalue weighted by Gasteiger charge is -2.14. The average Bonchev–Trinajstić information content (AvgIpc) is 3.10. The Morgan fingerprint density at radius 3 is 2.38 bits per heavy atom. The zero-order chi connectivity index (χ0) is 24.6. The van der Waals surface area contributed by atoms with Crippen LogP contribution in [0.5, 0.6) is 5.88 Å². The number of carbonyl (C=O) groups excluding carboxylic acids is 1. The number of nitrogens with zero attached hydrogens (tertiary/aromatic N) is 3. The number of alkyl halides is 3. The summed E-state index contributed by atoms with van der Waals surface area (Å²) in [5.41, 5.74) is 1.37. The summed E-state index contributed by atoms with van der Waals surface area (Å²) in [6.45, 7) is 4.50. The van der Waals surface area contributed by atoms with E-state index in [4.69, 9.17) is 4.74 Å². The molecule has 0 aliphatic carbocycles. The quantitative estimate of drug-likeness (QED) is 0.389. The SMILES string of the molecule is Cc1cccc(C)c1NC(=O)COc1cc(C(F)(F)F)c2c(C)nn(-c3cccc(F)c3)c2n1. The molecule has 0 aliphatic rings. The summed E-state index contributed by atoms with van der Waals surface area (Å²) in [5.74, 6) is -1.54. The van der Waals surface area contributed by atoms with Crippen molar-refractivity contribution >= 4 is 22.6 Å². The first-order valence-electron chi connectivity index (χ1n) is 10.3. The molecule has 2 aromatic carbocycles. The van der Waals surface area contributed by atoms with Crippen molar-refractivity contribution in [3.8, 4) is 11.6 Å². The number of nitrogens with one attached hydrogen (secondary N) is 1. The number of aryl methyl sites for hydroxylation is 3. The van der Waals surface area contributed by atoms with Crippen molar-refractivity contribution in [2.45, 2.75) is 26.9 Å². The second-order valence-electron chi connectivity index (χ2n) is 7.79. The Morgan fingerprint density at radius 1 is 1.06 bits per heavy atom. The second kappa shape index (κ2) is 8.77. The number of hydrogen-bond donors (Lipinski definition) is 1. The van der Waals surface area contributed by atoms with Crippen molar-refractivity contribution in [2.24, 2.45) is 0 Å². The van der Waals surface area contributed by atoms with Gasteiger partial charge < -0.3 is 10.1 Å². The Balaban J connectivity index is 1.70. The number of para-hydroxylation sites is 1. The van der Waals surface area contributed by atoms with Gasteiger partial charge in [0.2, 0.25) is 5.88 Å². The van der Waals surface area contributed by atoms with E-state index >= 15 is 0 Å². The monoisotopic (exact) mass is 472 g/mol. The smallest absolute Gasteiger partial charge is 0.417 e. The fourth-order valence-electron chi connectivity index (χ4n) is 3.68. The maximum absolute atomic E-state index is 13.9. The van der Waals surface area contributed by atoms with Gasteiger partial charge in [0.25, 0.3) is 5.91 Å². The van der Waals surface area contributed by atoms with Gasteiger partial charge in [0.15, 0.2) is 12.3 Å². The van der Waals surface area contributed by atoms with Crippen LogP contribution in [0.4, 0.5) is 23.2 Å². The van der Waals surface area contributed by atoms with E-state index in [1.807, 2.05) is 32.0 Å². The number of fused-ring (bicyclic) bond motifs is 1. The normalized spacial score (nSPS) is 11.6. The minimum absolute atomic E-state index is 0.0680. The molecule has 0 atom stereocenters. The average molecular weight is 472 g/mol. The molecule has 0 aliphatic heterocycles. The van der Waals surface area contributed by atoms with E-state index in [2.05, 4.69) is 15.4 Å². The van der Waals surface area contributed by atoms with E-state index in [0.717, 1.165) is 27.9 Å². The molecular formula is C24H20F4N4O2. The van der Waals surface area contributed by atoms with Crippen LogP contribution in [0.15, 0.2) is 48.5 Å². The third-order valence-electron chi connectivity index (χ3n) is 5.24. The summed E-state index contributed by atoms with van der Waals surface area (Å²) < 4.78 is 61.8. The summed E-state index contributed by atoms with van der Waals surface area (Å²) in [4.78, 5) is 16.6. The highest BCUT2D eigenvalue weighted by molar-refractivity contribution is 5.93.